The number of hydrogen-bond acceptors (Lipinski definition) is 0. The van der Waals surface area contributed by atoms with Crippen LogP contribution in [0.2, 0.25) is 0 Å². The van der Waals surface area contributed by atoms with Gasteiger partial charge in [-0.25, -0.2) is 22.0 Å². The maximum Gasteiger partial charge on any atom is 0.200 e. The third-order valence-electron chi connectivity index (χ3n) is 2.73. The molecule has 0 spiro atoms. The summed E-state index contributed by atoms with van der Waals surface area (Å²) in [6.07, 6.45) is 3.59. The molecule has 1 aromatic rings. The van der Waals surface area contributed by atoms with Crippen molar-refractivity contribution < 1.29 is 22.0 Å². The minimum atomic E-state index is -2.12. The zero-order chi connectivity index (χ0) is 14.6. The Morgan fingerprint density at radius 1 is 0.789 bits per heavy atom. The van der Waals surface area contributed by atoms with Gasteiger partial charge in [-0.2, -0.15) is 0 Å². The van der Waals surface area contributed by atoms with Gasteiger partial charge in [-0.15, -0.1) is 0 Å². The third kappa shape index (κ3) is 3.14. The zero-order valence-electron chi connectivity index (χ0n) is 10.8. The number of benzene rings is 1. The SMILES string of the molecule is CCCC=C(CCC)c1c(F)c(F)c(F)c(F)c1F. The van der Waals surface area contributed by atoms with Gasteiger partial charge in [0.2, 0.25) is 5.82 Å². The van der Waals surface area contributed by atoms with Crippen LogP contribution in [0.5, 0.6) is 0 Å². The van der Waals surface area contributed by atoms with E-state index >= 15 is 0 Å². The fraction of sp³-hybridized carbons (Fsp3) is 0.429. The van der Waals surface area contributed by atoms with E-state index in [2.05, 4.69) is 0 Å². The van der Waals surface area contributed by atoms with E-state index in [9.17, 15) is 22.0 Å². The molecule has 0 amide bonds. The highest BCUT2D eigenvalue weighted by Gasteiger charge is 2.27. The fourth-order valence-electron chi connectivity index (χ4n) is 1.80. The van der Waals surface area contributed by atoms with Gasteiger partial charge in [0.25, 0.3) is 0 Å². The Labute approximate surface area is 108 Å². The van der Waals surface area contributed by atoms with Gasteiger partial charge in [0.15, 0.2) is 23.3 Å². The van der Waals surface area contributed by atoms with Crippen LogP contribution in [0.4, 0.5) is 22.0 Å². The Bertz CT molecular complexity index is 462. The summed E-state index contributed by atoms with van der Waals surface area (Å²) in [7, 11) is 0. The lowest BCUT2D eigenvalue weighted by molar-refractivity contribution is 0.376. The molecule has 0 fully saturated rings. The van der Waals surface area contributed by atoms with Gasteiger partial charge in [0, 0.05) is 0 Å². The fourth-order valence-corrected chi connectivity index (χ4v) is 1.80. The molecule has 0 unspecified atom stereocenters. The number of halogens is 5. The zero-order valence-corrected chi connectivity index (χ0v) is 10.8. The summed E-state index contributed by atoms with van der Waals surface area (Å²) in [6.45, 7) is 3.63. The summed E-state index contributed by atoms with van der Waals surface area (Å²) in [6, 6.07) is 0. The minimum Gasteiger partial charge on any atom is -0.203 e. The van der Waals surface area contributed by atoms with E-state index in [-0.39, 0.29) is 12.0 Å². The van der Waals surface area contributed by atoms with Crippen molar-refractivity contribution in [3.63, 3.8) is 0 Å². The second kappa shape index (κ2) is 6.68. The van der Waals surface area contributed by atoms with Gasteiger partial charge < -0.3 is 0 Å². The van der Waals surface area contributed by atoms with Crippen LogP contribution in [-0.2, 0) is 0 Å². The van der Waals surface area contributed by atoms with Crippen LogP contribution in [0.1, 0.15) is 45.1 Å². The van der Waals surface area contributed by atoms with Gasteiger partial charge in [-0.05, 0) is 18.4 Å². The first kappa shape index (κ1) is 15.7. The summed E-state index contributed by atoms with van der Waals surface area (Å²) >= 11 is 0. The second-order valence-electron chi connectivity index (χ2n) is 4.21. The highest BCUT2D eigenvalue weighted by molar-refractivity contribution is 5.66. The molecular weight excluding hydrogens is 263 g/mol. The molecule has 1 aromatic carbocycles. The lowest BCUT2D eigenvalue weighted by Crippen LogP contribution is -2.07. The predicted octanol–water partition coefficient (Wildman–Crippen LogP) is 5.37. The van der Waals surface area contributed by atoms with Gasteiger partial charge >= 0.3 is 0 Å². The van der Waals surface area contributed by atoms with Crippen LogP contribution in [0.3, 0.4) is 0 Å². The molecule has 106 valence electrons. The predicted molar refractivity (Wildman–Crippen MR) is 64.0 cm³/mol. The minimum absolute atomic E-state index is 0.164. The standard InChI is InChI=1S/C14H15F5/c1-3-5-7-8(6-4-2)9-10(15)12(17)14(19)13(18)11(9)16/h7H,3-6H2,1-2H3. The largest absolute Gasteiger partial charge is 0.203 e. The Morgan fingerprint density at radius 3 is 1.68 bits per heavy atom. The molecule has 0 aliphatic carbocycles. The Kier molecular flexibility index (Phi) is 5.51. The highest BCUT2D eigenvalue weighted by atomic mass is 19.2. The first-order valence-corrected chi connectivity index (χ1v) is 6.16. The quantitative estimate of drug-likeness (QED) is 0.386. The maximum absolute atomic E-state index is 13.6. The van der Waals surface area contributed by atoms with Crippen molar-refractivity contribution in [2.45, 2.75) is 39.5 Å². The first-order chi connectivity index (χ1) is 8.95. The molecule has 1 rings (SSSR count). The van der Waals surface area contributed by atoms with Crippen LogP contribution in [0.25, 0.3) is 5.57 Å². The summed E-state index contributed by atoms with van der Waals surface area (Å²) < 4.78 is 66.5. The van der Waals surface area contributed by atoms with Crippen molar-refractivity contribution in [2.24, 2.45) is 0 Å². The summed E-state index contributed by atoms with van der Waals surface area (Å²) in [4.78, 5) is 0. The van der Waals surface area contributed by atoms with Crippen molar-refractivity contribution in [3.8, 4) is 0 Å². The Balaban J connectivity index is 3.46. The molecule has 0 radical (unpaired) electrons. The Morgan fingerprint density at radius 2 is 1.26 bits per heavy atom. The Hall–Kier alpha value is -1.39. The molecule has 0 saturated carbocycles. The molecule has 0 aliphatic heterocycles. The average molecular weight is 278 g/mol. The molecule has 0 bridgehead atoms. The second-order valence-corrected chi connectivity index (χ2v) is 4.21. The smallest absolute Gasteiger partial charge is 0.200 e. The third-order valence-corrected chi connectivity index (χ3v) is 2.73. The van der Waals surface area contributed by atoms with E-state index in [0.29, 0.717) is 12.8 Å². The summed E-state index contributed by atoms with van der Waals surface area (Å²) in [5, 5.41) is 0. The normalized spacial score (nSPS) is 12.1. The monoisotopic (exact) mass is 278 g/mol. The molecule has 0 aromatic heterocycles. The van der Waals surface area contributed by atoms with E-state index in [0.717, 1.165) is 6.42 Å². The molecule has 19 heavy (non-hydrogen) atoms. The number of rotatable bonds is 5. The van der Waals surface area contributed by atoms with E-state index in [4.69, 9.17) is 0 Å². The first-order valence-electron chi connectivity index (χ1n) is 6.16. The van der Waals surface area contributed by atoms with E-state index < -0.39 is 34.6 Å². The van der Waals surface area contributed by atoms with E-state index in [1.807, 2.05) is 6.92 Å². The lowest BCUT2D eigenvalue weighted by Gasteiger charge is -2.11. The molecule has 0 heterocycles. The maximum atomic E-state index is 13.6. The average Bonchev–Trinajstić information content (AvgIpc) is 2.40. The van der Waals surface area contributed by atoms with Crippen molar-refractivity contribution in [3.05, 3.63) is 40.7 Å². The van der Waals surface area contributed by atoms with Crippen LogP contribution < -0.4 is 0 Å². The lowest BCUT2D eigenvalue weighted by atomic mass is 9.98. The highest BCUT2D eigenvalue weighted by Crippen LogP contribution is 2.31. The van der Waals surface area contributed by atoms with E-state index in [1.165, 1.54) is 6.08 Å². The molecule has 0 aliphatic rings. The van der Waals surface area contributed by atoms with Crippen molar-refractivity contribution in [1.82, 2.24) is 0 Å². The number of hydrogen-bond donors (Lipinski definition) is 0. The van der Waals surface area contributed by atoms with Crippen molar-refractivity contribution >= 4 is 5.57 Å². The van der Waals surface area contributed by atoms with Crippen molar-refractivity contribution in [1.29, 1.82) is 0 Å². The van der Waals surface area contributed by atoms with Gasteiger partial charge in [-0.1, -0.05) is 32.8 Å². The molecule has 0 saturated heterocycles. The topological polar surface area (TPSA) is 0 Å². The molecular formula is C14H15F5. The molecule has 0 atom stereocenters. The van der Waals surface area contributed by atoms with Crippen LogP contribution in [0, 0.1) is 29.1 Å². The van der Waals surface area contributed by atoms with Gasteiger partial charge in [0.1, 0.15) is 0 Å². The van der Waals surface area contributed by atoms with Gasteiger partial charge in [-0.3, -0.25) is 0 Å². The number of allylic oxidation sites excluding steroid dienone is 2. The van der Waals surface area contributed by atoms with E-state index in [1.54, 1.807) is 6.92 Å². The molecule has 0 N–H and O–H groups in total. The van der Waals surface area contributed by atoms with Crippen LogP contribution in [-0.4, -0.2) is 0 Å². The molecule has 0 nitrogen and oxygen atoms in total. The summed E-state index contributed by atoms with van der Waals surface area (Å²) in [5.41, 5.74) is -0.635. The van der Waals surface area contributed by atoms with Crippen LogP contribution >= 0.6 is 0 Å². The van der Waals surface area contributed by atoms with Crippen LogP contribution in [0.15, 0.2) is 6.08 Å². The van der Waals surface area contributed by atoms with Gasteiger partial charge in [0.05, 0.1) is 5.56 Å². The summed E-state index contributed by atoms with van der Waals surface area (Å²) in [5.74, 6) is -9.43. The molecule has 5 heteroatoms. The van der Waals surface area contributed by atoms with Crippen molar-refractivity contribution in [2.75, 3.05) is 0 Å². The number of unbranched alkanes of at least 4 members (excludes halogenated alkanes) is 1.